The van der Waals surface area contributed by atoms with Crippen molar-refractivity contribution < 1.29 is 9.32 Å². The minimum Gasteiger partial charge on any atom is -0.364 e. The molecule has 25 heavy (non-hydrogen) atoms. The number of rotatable bonds is 4. The molecule has 1 amide bonds. The largest absolute Gasteiger partial charge is 0.364 e. The summed E-state index contributed by atoms with van der Waals surface area (Å²) in [6.45, 7) is 5.20. The van der Waals surface area contributed by atoms with Crippen LogP contribution in [0, 0.1) is 18.8 Å². The average molecular weight is 339 g/mol. The number of fused-ring (bicyclic) bond motifs is 1. The van der Waals surface area contributed by atoms with Crippen molar-refractivity contribution in [2.75, 3.05) is 13.1 Å². The number of benzene rings is 1. The van der Waals surface area contributed by atoms with Crippen LogP contribution in [-0.4, -0.2) is 35.1 Å². The molecule has 1 saturated carbocycles. The zero-order valence-corrected chi connectivity index (χ0v) is 14.6. The van der Waals surface area contributed by atoms with Gasteiger partial charge in [-0.05, 0) is 43.6 Å². The maximum atomic E-state index is 12.3. The first-order chi connectivity index (χ1) is 12.2. The van der Waals surface area contributed by atoms with Gasteiger partial charge in [0, 0.05) is 31.2 Å². The fourth-order valence-corrected chi connectivity index (χ4v) is 4.39. The SMILES string of the molecule is Cc1conc1C(=O)NC1CC[C@@H]2CN(Cc3ccccc3)C[C@@H]2C1. The third-order valence-electron chi connectivity index (χ3n) is 5.67. The number of carbonyl (C=O) groups excluding carboxylic acids is 1. The Morgan fingerprint density at radius 3 is 2.80 bits per heavy atom. The molecular weight excluding hydrogens is 314 g/mol. The Labute approximate surface area is 148 Å². The normalized spacial score (nSPS) is 26.4. The molecule has 0 spiro atoms. The molecule has 2 aliphatic rings. The molecule has 2 heterocycles. The number of aromatic nitrogens is 1. The van der Waals surface area contributed by atoms with Crippen LogP contribution in [0.1, 0.15) is 40.9 Å². The van der Waals surface area contributed by atoms with E-state index in [1.165, 1.54) is 24.8 Å². The van der Waals surface area contributed by atoms with Gasteiger partial charge in [-0.1, -0.05) is 35.5 Å². The molecule has 5 nitrogen and oxygen atoms in total. The highest BCUT2D eigenvalue weighted by molar-refractivity contribution is 5.93. The summed E-state index contributed by atoms with van der Waals surface area (Å²) in [5.41, 5.74) is 2.59. The van der Waals surface area contributed by atoms with E-state index in [0.29, 0.717) is 11.6 Å². The molecule has 5 heteroatoms. The molecule has 1 unspecified atom stereocenters. The minimum atomic E-state index is -0.103. The monoisotopic (exact) mass is 339 g/mol. The zero-order valence-electron chi connectivity index (χ0n) is 14.6. The van der Waals surface area contributed by atoms with Crippen molar-refractivity contribution in [1.82, 2.24) is 15.4 Å². The number of likely N-dealkylation sites (tertiary alicyclic amines) is 1. The Morgan fingerprint density at radius 2 is 2.04 bits per heavy atom. The van der Waals surface area contributed by atoms with Gasteiger partial charge in [-0.25, -0.2) is 0 Å². The second-order valence-corrected chi connectivity index (χ2v) is 7.53. The number of aryl methyl sites for hydroxylation is 1. The number of nitrogens with one attached hydrogen (secondary N) is 1. The highest BCUT2D eigenvalue weighted by Crippen LogP contribution is 2.37. The summed E-state index contributed by atoms with van der Waals surface area (Å²) in [5, 5.41) is 6.97. The third-order valence-corrected chi connectivity index (χ3v) is 5.67. The van der Waals surface area contributed by atoms with E-state index in [9.17, 15) is 4.79 Å². The van der Waals surface area contributed by atoms with Gasteiger partial charge in [0.25, 0.3) is 5.91 Å². The Hall–Kier alpha value is -2.14. The minimum absolute atomic E-state index is 0.103. The topological polar surface area (TPSA) is 58.4 Å². The lowest BCUT2D eigenvalue weighted by Gasteiger charge is -2.31. The first-order valence-corrected chi connectivity index (χ1v) is 9.17. The summed E-state index contributed by atoms with van der Waals surface area (Å²) in [7, 11) is 0. The molecule has 1 aliphatic carbocycles. The summed E-state index contributed by atoms with van der Waals surface area (Å²) in [6.07, 6.45) is 4.84. The standard InChI is InChI=1S/C20H25N3O2/c1-14-13-25-22-19(14)20(24)21-18-8-7-16-11-23(12-17(16)9-18)10-15-5-3-2-4-6-15/h2-6,13,16-18H,7-12H2,1H3,(H,21,24)/t16-,17+,18?/m1/s1. The van der Waals surface area contributed by atoms with Crippen molar-refractivity contribution >= 4 is 5.91 Å². The van der Waals surface area contributed by atoms with Gasteiger partial charge in [0.15, 0.2) is 5.69 Å². The van der Waals surface area contributed by atoms with Crippen LogP contribution in [0.15, 0.2) is 41.1 Å². The van der Waals surface area contributed by atoms with Crippen LogP contribution < -0.4 is 5.32 Å². The lowest BCUT2D eigenvalue weighted by atomic mass is 9.79. The van der Waals surface area contributed by atoms with E-state index in [0.717, 1.165) is 37.4 Å². The predicted molar refractivity (Wildman–Crippen MR) is 95.0 cm³/mol. The third kappa shape index (κ3) is 3.61. The second-order valence-electron chi connectivity index (χ2n) is 7.53. The van der Waals surface area contributed by atoms with Crippen LogP contribution >= 0.6 is 0 Å². The van der Waals surface area contributed by atoms with Gasteiger partial charge in [0.05, 0.1) is 0 Å². The van der Waals surface area contributed by atoms with Crippen LogP contribution in [0.3, 0.4) is 0 Å². The summed E-state index contributed by atoms with van der Waals surface area (Å²) in [4.78, 5) is 14.9. The molecule has 2 fully saturated rings. The van der Waals surface area contributed by atoms with Crippen molar-refractivity contribution in [2.24, 2.45) is 11.8 Å². The summed E-state index contributed by atoms with van der Waals surface area (Å²) in [5.74, 6) is 1.35. The molecule has 0 bridgehead atoms. The molecule has 4 rings (SSSR count). The van der Waals surface area contributed by atoms with Crippen LogP contribution in [0.4, 0.5) is 0 Å². The molecule has 0 radical (unpaired) electrons. The number of hydrogen-bond donors (Lipinski definition) is 1. The molecule has 1 N–H and O–H groups in total. The summed E-state index contributed by atoms with van der Waals surface area (Å²) < 4.78 is 4.88. The smallest absolute Gasteiger partial charge is 0.273 e. The van der Waals surface area contributed by atoms with Gasteiger partial charge in [0.1, 0.15) is 6.26 Å². The van der Waals surface area contributed by atoms with Gasteiger partial charge in [-0.2, -0.15) is 0 Å². The van der Waals surface area contributed by atoms with Gasteiger partial charge in [-0.15, -0.1) is 0 Å². The van der Waals surface area contributed by atoms with Crippen molar-refractivity contribution in [1.29, 1.82) is 0 Å². The molecule has 2 aromatic rings. The summed E-state index contributed by atoms with van der Waals surface area (Å²) in [6, 6.07) is 10.9. The Kier molecular flexibility index (Phi) is 4.57. The van der Waals surface area contributed by atoms with Crippen molar-refractivity contribution in [3.05, 3.63) is 53.4 Å². The first-order valence-electron chi connectivity index (χ1n) is 9.17. The first kappa shape index (κ1) is 16.3. The highest BCUT2D eigenvalue weighted by Gasteiger charge is 2.38. The fourth-order valence-electron chi connectivity index (χ4n) is 4.39. The Balaban J connectivity index is 1.32. The van der Waals surface area contributed by atoms with Crippen molar-refractivity contribution in [3.8, 4) is 0 Å². The van der Waals surface area contributed by atoms with Gasteiger partial charge >= 0.3 is 0 Å². The Bertz CT molecular complexity index is 728. The van der Waals surface area contributed by atoms with Crippen molar-refractivity contribution in [2.45, 2.75) is 38.8 Å². The van der Waals surface area contributed by atoms with E-state index in [4.69, 9.17) is 4.52 Å². The molecule has 3 atom stereocenters. The molecule has 1 saturated heterocycles. The van der Waals surface area contributed by atoms with Crippen molar-refractivity contribution in [3.63, 3.8) is 0 Å². The average Bonchev–Trinajstić information content (AvgIpc) is 3.21. The van der Waals surface area contributed by atoms with E-state index >= 15 is 0 Å². The van der Waals surface area contributed by atoms with Crippen LogP contribution in [0.2, 0.25) is 0 Å². The summed E-state index contributed by atoms with van der Waals surface area (Å²) >= 11 is 0. The van der Waals surface area contributed by atoms with E-state index in [1.807, 2.05) is 6.92 Å². The van der Waals surface area contributed by atoms with Gasteiger partial charge < -0.3 is 9.84 Å². The number of amides is 1. The molecule has 1 aromatic heterocycles. The zero-order chi connectivity index (χ0) is 17.2. The maximum absolute atomic E-state index is 12.3. The Morgan fingerprint density at radius 1 is 1.24 bits per heavy atom. The van der Waals surface area contributed by atoms with Gasteiger partial charge in [0.2, 0.25) is 0 Å². The second kappa shape index (κ2) is 7.00. The lowest BCUT2D eigenvalue weighted by molar-refractivity contribution is 0.0904. The lowest BCUT2D eigenvalue weighted by Crippen LogP contribution is -2.41. The molecule has 1 aliphatic heterocycles. The number of nitrogens with zero attached hydrogens (tertiary/aromatic N) is 2. The van der Waals surface area contributed by atoms with Crippen LogP contribution in [0.5, 0.6) is 0 Å². The highest BCUT2D eigenvalue weighted by atomic mass is 16.5. The van der Waals surface area contributed by atoms with E-state index < -0.39 is 0 Å². The quantitative estimate of drug-likeness (QED) is 0.930. The number of carbonyl (C=O) groups is 1. The van der Waals surface area contributed by atoms with E-state index in [1.54, 1.807) is 0 Å². The molecular formula is C20H25N3O2. The fraction of sp³-hybridized carbons (Fsp3) is 0.500. The van der Waals surface area contributed by atoms with E-state index in [2.05, 4.69) is 45.7 Å². The van der Waals surface area contributed by atoms with Crippen LogP contribution in [0.25, 0.3) is 0 Å². The predicted octanol–water partition coefficient (Wildman–Crippen LogP) is 3.01. The van der Waals surface area contributed by atoms with E-state index in [-0.39, 0.29) is 11.9 Å². The molecule has 1 aromatic carbocycles. The maximum Gasteiger partial charge on any atom is 0.273 e. The number of hydrogen-bond acceptors (Lipinski definition) is 4. The van der Waals surface area contributed by atoms with Gasteiger partial charge in [-0.3, -0.25) is 9.69 Å². The van der Waals surface area contributed by atoms with Crippen LogP contribution in [-0.2, 0) is 6.54 Å². The molecule has 132 valence electrons.